The highest BCUT2D eigenvalue weighted by Gasteiger charge is 2.30. The Labute approximate surface area is 202 Å². The van der Waals surface area contributed by atoms with Gasteiger partial charge in [-0.3, -0.25) is 4.90 Å². The topological polar surface area (TPSA) is 40.2 Å². The van der Waals surface area contributed by atoms with Gasteiger partial charge in [0, 0.05) is 23.1 Å². The molecule has 0 unspecified atom stereocenters. The Kier molecular flexibility index (Phi) is 6.17. The lowest BCUT2D eigenvalue weighted by atomic mass is 9.91. The summed E-state index contributed by atoms with van der Waals surface area (Å²) in [6.45, 7) is 2.19. The fourth-order valence-electron chi connectivity index (χ4n) is 4.41. The third-order valence-electron chi connectivity index (χ3n) is 6.09. The molecule has 2 heterocycles. The van der Waals surface area contributed by atoms with Crippen molar-refractivity contribution >= 4 is 15.9 Å². The first-order chi connectivity index (χ1) is 16.2. The van der Waals surface area contributed by atoms with E-state index in [4.69, 9.17) is 25.4 Å². The number of rotatable bonds is 6. The van der Waals surface area contributed by atoms with Crippen LogP contribution in [0.3, 0.4) is 0 Å². The summed E-state index contributed by atoms with van der Waals surface area (Å²) in [7, 11) is 1.66. The fourth-order valence-corrected chi connectivity index (χ4v) is 4.85. The van der Waals surface area contributed by atoms with Crippen molar-refractivity contribution in [3.63, 3.8) is 0 Å². The van der Waals surface area contributed by atoms with Gasteiger partial charge >= 0.3 is 0 Å². The predicted molar refractivity (Wildman–Crippen MR) is 130 cm³/mol. The zero-order chi connectivity index (χ0) is 22.8. The summed E-state index contributed by atoms with van der Waals surface area (Å²) in [5, 5.41) is 0. The van der Waals surface area contributed by atoms with E-state index in [0.717, 1.165) is 51.4 Å². The largest absolute Gasteiger partial charge is 0.493 e. The summed E-state index contributed by atoms with van der Waals surface area (Å²) in [4.78, 5) is 2.29. The van der Waals surface area contributed by atoms with Crippen LogP contribution in [0.2, 0.25) is 0 Å². The molecule has 1 atom stereocenters. The minimum atomic E-state index is -0.184. The number of benzene rings is 3. The van der Waals surface area contributed by atoms with Crippen LogP contribution in [0.25, 0.3) is 0 Å². The van der Waals surface area contributed by atoms with Gasteiger partial charge in [-0.25, -0.2) is 0 Å². The van der Waals surface area contributed by atoms with Crippen LogP contribution in [0.15, 0.2) is 59.1 Å². The Bertz CT molecular complexity index is 1200. The quantitative estimate of drug-likeness (QED) is 0.413. The van der Waals surface area contributed by atoms with E-state index < -0.39 is 0 Å². The van der Waals surface area contributed by atoms with Gasteiger partial charge < -0.3 is 18.9 Å². The second-order valence-electron chi connectivity index (χ2n) is 8.03. The molecule has 0 bridgehead atoms. The van der Waals surface area contributed by atoms with Crippen LogP contribution in [0.1, 0.15) is 28.3 Å². The van der Waals surface area contributed by atoms with E-state index >= 15 is 0 Å². The number of ether oxygens (including phenoxy) is 4. The second-order valence-corrected chi connectivity index (χ2v) is 8.88. The van der Waals surface area contributed by atoms with E-state index in [9.17, 15) is 0 Å². The average Bonchev–Trinajstić information content (AvgIpc) is 3.33. The van der Waals surface area contributed by atoms with Crippen molar-refractivity contribution in [2.24, 2.45) is 0 Å². The molecule has 2 aliphatic rings. The summed E-state index contributed by atoms with van der Waals surface area (Å²) in [6.07, 6.45) is 6.91. The zero-order valence-corrected chi connectivity index (χ0v) is 19.9. The van der Waals surface area contributed by atoms with Crippen molar-refractivity contribution in [3.8, 4) is 35.3 Å². The first-order valence-electron chi connectivity index (χ1n) is 10.8. The molecular weight excluding hydrogens is 482 g/mol. The molecule has 2 aliphatic heterocycles. The number of methoxy groups -OCH3 is 1. The van der Waals surface area contributed by atoms with Gasteiger partial charge in [-0.2, -0.15) is 0 Å². The molecule has 6 heteroatoms. The Morgan fingerprint density at radius 3 is 2.76 bits per heavy atom. The second kappa shape index (κ2) is 9.38. The number of fused-ring (bicyclic) bond motifs is 2. The van der Waals surface area contributed by atoms with Crippen molar-refractivity contribution in [1.82, 2.24) is 4.90 Å². The summed E-state index contributed by atoms with van der Waals surface area (Å²) >= 11 is 3.67. The lowest BCUT2D eigenvalue weighted by molar-refractivity contribution is 0.170. The number of nitrogens with zero attached hydrogens (tertiary/aromatic N) is 1. The highest BCUT2D eigenvalue weighted by Crippen LogP contribution is 2.43. The van der Waals surface area contributed by atoms with Gasteiger partial charge in [-0.15, -0.1) is 6.42 Å². The predicted octanol–water partition coefficient (Wildman–Crippen LogP) is 5.50. The third kappa shape index (κ3) is 4.27. The molecule has 0 amide bonds. The molecule has 3 aromatic rings. The average molecular weight is 506 g/mol. The van der Waals surface area contributed by atoms with Crippen LogP contribution in [0.5, 0.6) is 23.0 Å². The molecule has 0 aliphatic carbocycles. The maximum absolute atomic E-state index is 6.11. The maximum Gasteiger partial charge on any atom is 0.231 e. The molecule has 5 rings (SSSR count). The molecule has 168 valence electrons. The van der Waals surface area contributed by atoms with Gasteiger partial charge in [0.2, 0.25) is 6.79 Å². The highest BCUT2D eigenvalue weighted by atomic mass is 79.9. The summed E-state index contributed by atoms with van der Waals surface area (Å²) in [6, 6.07) is 17.9. The fraction of sp³-hybridized carbons (Fsp3) is 0.259. The van der Waals surface area contributed by atoms with Crippen LogP contribution >= 0.6 is 15.9 Å². The Hall–Kier alpha value is -3.14. The maximum atomic E-state index is 6.11. The van der Waals surface area contributed by atoms with Gasteiger partial charge in [-0.1, -0.05) is 52.2 Å². The molecule has 0 saturated heterocycles. The smallest absolute Gasteiger partial charge is 0.231 e. The van der Waals surface area contributed by atoms with Crippen LogP contribution in [-0.4, -0.2) is 25.3 Å². The molecule has 33 heavy (non-hydrogen) atoms. The van der Waals surface area contributed by atoms with E-state index in [2.05, 4.69) is 32.8 Å². The molecule has 0 aromatic heterocycles. The van der Waals surface area contributed by atoms with Gasteiger partial charge in [-0.05, 0) is 47.4 Å². The summed E-state index contributed by atoms with van der Waals surface area (Å²) in [5.74, 6) is 5.96. The van der Waals surface area contributed by atoms with Gasteiger partial charge in [0.25, 0.3) is 0 Å². The number of terminal acetylenes is 1. The molecule has 3 aromatic carbocycles. The van der Waals surface area contributed by atoms with E-state index in [1.807, 2.05) is 48.5 Å². The van der Waals surface area contributed by atoms with Crippen molar-refractivity contribution in [3.05, 3.63) is 81.3 Å². The van der Waals surface area contributed by atoms with Crippen molar-refractivity contribution < 1.29 is 18.9 Å². The SMILES string of the molecule is C#C[C@@H]1c2cc(OC)c(OCc3ccccc3)cc2CCN1Cc1c(Br)ccc2c1OCO2. The van der Waals surface area contributed by atoms with Gasteiger partial charge in [0.05, 0.1) is 13.2 Å². The molecule has 0 saturated carbocycles. The highest BCUT2D eigenvalue weighted by molar-refractivity contribution is 9.10. The first kappa shape index (κ1) is 21.7. The molecule has 0 radical (unpaired) electrons. The zero-order valence-electron chi connectivity index (χ0n) is 18.3. The monoisotopic (exact) mass is 505 g/mol. The molecule has 5 nitrogen and oxygen atoms in total. The van der Waals surface area contributed by atoms with Crippen LogP contribution in [0.4, 0.5) is 0 Å². The van der Waals surface area contributed by atoms with Crippen LogP contribution < -0.4 is 18.9 Å². The standard InChI is InChI=1S/C27H24BrNO4/c1-3-23-20-14-25(30-2)26(31-16-18-7-5-4-6-8-18)13-19(20)11-12-29(23)15-21-22(28)9-10-24-27(21)33-17-32-24/h1,4-10,13-14,23H,11-12,15-17H2,2H3/t23-/m1/s1. The first-order valence-corrected chi connectivity index (χ1v) is 11.6. The summed E-state index contributed by atoms with van der Waals surface area (Å²) in [5.41, 5.74) is 4.42. The molecule has 0 fully saturated rings. The molecule has 0 spiro atoms. The number of hydrogen-bond donors (Lipinski definition) is 0. The Balaban J connectivity index is 1.41. The van der Waals surface area contributed by atoms with Crippen LogP contribution in [-0.2, 0) is 19.6 Å². The lowest BCUT2D eigenvalue weighted by Gasteiger charge is -2.35. The number of hydrogen-bond acceptors (Lipinski definition) is 5. The molecule has 0 N–H and O–H groups in total. The molecular formula is C27H24BrNO4. The Morgan fingerprint density at radius 2 is 1.97 bits per heavy atom. The normalized spacial score (nSPS) is 16.7. The van der Waals surface area contributed by atoms with Crippen LogP contribution in [0, 0.1) is 12.3 Å². The summed E-state index contributed by atoms with van der Waals surface area (Å²) < 4.78 is 24.1. The van der Waals surface area contributed by atoms with Crippen molar-refractivity contribution in [2.45, 2.75) is 25.6 Å². The number of halogens is 1. The van der Waals surface area contributed by atoms with E-state index in [1.54, 1.807) is 7.11 Å². The lowest BCUT2D eigenvalue weighted by Crippen LogP contribution is -2.34. The minimum Gasteiger partial charge on any atom is -0.493 e. The van der Waals surface area contributed by atoms with Crippen molar-refractivity contribution in [1.29, 1.82) is 0 Å². The minimum absolute atomic E-state index is 0.184. The van der Waals surface area contributed by atoms with E-state index in [-0.39, 0.29) is 12.8 Å². The Morgan fingerprint density at radius 1 is 1.12 bits per heavy atom. The van der Waals surface area contributed by atoms with Crippen molar-refractivity contribution in [2.75, 3.05) is 20.4 Å². The van der Waals surface area contributed by atoms with Gasteiger partial charge in [0.1, 0.15) is 6.61 Å². The van der Waals surface area contributed by atoms with E-state index in [1.165, 1.54) is 5.56 Å². The van der Waals surface area contributed by atoms with E-state index in [0.29, 0.717) is 18.9 Å². The van der Waals surface area contributed by atoms with Gasteiger partial charge in [0.15, 0.2) is 23.0 Å². The third-order valence-corrected chi connectivity index (χ3v) is 6.84.